The van der Waals surface area contributed by atoms with E-state index in [9.17, 15) is 0 Å². The molecule has 0 bridgehead atoms. The van der Waals surface area contributed by atoms with E-state index in [4.69, 9.17) is 21.1 Å². The van der Waals surface area contributed by atoms with Crippen molar-refractivity contribution in [2.75, 3.05) is 7.11 Å². The van der Waals surface area contributed by atoms with Crippen molar-refractivity contribution in [3.8, 4) is 11.5 Å². The summed E-state index contributed by atoms with van der Waals surface area (Å²) in [4.78, 5) is 0. The van der Waals surface area contributed by atoms with Gasteiger partial charge in [-0.1, -0.05) is 72.3 Å². The minimum atomic E-state index is 0. The molecule has 0 aliphatic rings. The highest BCUT2D eigenvalue weighted by Crippen LogP contribution is 2.35. The molecule has 160 valence electrons. The predicted octanol–water partition coefficient (Wildman–Crippen LogP) is 6.46. The molecule has 30 heavy (non-hydrogen) atoms. The number of aryl methyl sites for hydroxylation is 1. The zero-order valence-electron chi connectivity index (χ0n) is 17.4. The topological polar surface area (TPSA) is 30.5 Å². The van der Waals surface area contributed by atoms with Crippen LogP contribution in [-0.4, -0.2) is 13.2 Å². The smallest absolute Gasteiger partial charge is 0.166 e. The molecule has 0 saturated heterocycles. The SMILES string of the molecule is COc1cc(Cl)cc(CNC(C)CCc2ccccc2)c1OCc1ccccc1.Cl. The first kappa shape index (κ1) is 24.1. The second-order valence-electron chi connectivity index (χ2n) is 7.18. The summed E-state index contributed by atoms with van der Waals surface area (Å²) in [5, 5.41) is 4.23. The molecular weight excluding hydrogens is 417 g/mol. The fourth-order valence-electron chi connectivity index (χ4n) is 3.21. The number of nitrogens with one attached hydrogen (secondary N) is 1. The molecule has 0 heterocycles. The van der Waals surface area contributed by atoms with E-state index in [1.54, 1.807) is 13.2 Å². The number of hydrogen-bond acceptors (Lipinski definition) is 3. The summed E-state index contributed by atoms with van der Waals surface area (Å²) in [5.41, 5.74) is 3.47. The molecule has 0 aromatic heterocycles. The first-order valence-corrected chi connectivity index (χ1v) is 10.3. The number of hydrogen-bond donors (Lipinski definition) is 1. The fourth-order valence-corrected chi connectivity index (χ4v) is 3.44. The van der Waals surface area contributed by atoms with E-state index >= 15 is 0 Å². The van der Waals surface area contributed by atoms with Gasteiger partial charge < -0.3 is 14.8 Å². The Hall–Kier alpha value is -2.20. The molecule has 1 atom stereocenters. The summed E-state index contributed by atoms with van der Waals surface area (Å²) in [7, 11) is 1.64. The number of ether oxygens (including phenoxy) is 2. The van der Waals surface area contributed by atoms with Crippen LogP contribution in [0, 0.1) is 0 Å². The maximum atomic E-state index is 6.31. The van der Waals surface area contributed by atoms with Crippen LogP contribution in [0.15, 0.2) is 72.8 Å². The standard InChI is InChI=1S/C25H28ClNO2.ClH/c1-19(13-14-20-9-5-3-6-10-20)27-17-22-15-23(26)16-24(28-2)25(22)29-18-21-11-7-4-8-12-21;/h3-12,15-16,19,27H,13-14,17-18H2,1-2H3;1H. The second-order valence-corrected chi connectivity index (χ2v) is 7.61. The molecule has 0 radical (unpaired) electrons. The lowest BCUT2D eigenvalue weighted by Gasteiger charge is -2.19. The second kappa shape index (κ2) is 12.5. The summed E-state index contributed by atoms with van der Waals surface area (Å²) in [6, 6.07) is 24.8. The Bertz CT molecular complexity index is 888. The third-order valence-corrected chi connectivity index (χ3v) is 5.11. The van der Waals surface area contributed by atoms with Crippen LogP contribution in [0.2, 0.25) is 5.02 Å². The molecule has 0 aliphatic heterocycles. The highest BCUT2D eigenvalue weighted by Gasteiger charge is 2.14. The normalized spacial score (nSPS) is 11.4. The maximum absolute atomic E-state index is 6.31. The Labute approximate surface area is 190 Å². The van der Waals surface area contributed by atoms with Gasteiger partial charge in [0.2, 0.25) is 0 Å². The molecule has 5 heteroatoms. The summed E-state index contributed by atoms with van der Waals surface area (Å²) < 4.78 is 11.7. The molecule has 1 unspecified atom stereocenters. The Balaban J connectivity index is 0.00000320. The average Bonchev–Trinajstić information content (AvgIpc) is 2.76. The molecule has 0 spiro atoms. The third-order valence-electron chi connectivity index (χ3n) is 4.89. The quantitative estimate of drug-likeness (QED) is 0.388. The highest BCUT2D eigenvalue weighted by molar-refractivity contribution is 6.30. The molecule has 3 aromatic carbocycles. The van der Waals surface area contributed by atoms with Crippen molar-refractivity contribution in [1.82, 2.24) is 5.32 Å². The van der Waals surface area contributed by atoms with Gasteiger partial charge in [-0.25, -0.2) is 0 Å². The van der Waals surface area contributed by atoms with Crippen LogP contribution in [0.1, 0.15) is 30.0 Å². The van der Waals surface area contributed by atoms with E-state index < -0.39 is 0 Å². The lowest BCUT2D eigenvalue weighted by molar-refractivity contribution is 0.280. The van der Waals surface area contributed by atoms with Gasteiger partial charge >= 0.3 is 0 Å². The van der Waals surface area contributed by atoms with E-state index in [1.165, 1.54) is 5.56 Å². The molecule has 0 aliphatic carbocycles. The molecule has 3 aromatic rings. The van der Waals surface area contributed by atoms with Crippen molar-refractivity contribution in [2.24, 2.45) is 0 Å². The predicted molar refractivity (Wildman–Crippen MR) is 127 cm³/mol. The van der Waals surface area contributed by atoms with Crippen LogP contribution in [0.25, 0.3) is 0 Å². The summed E-state index contributed by atoms with van der Waals surface area (Å²) in [6.45, 7) is 3.35. The van der Waals surface area contributed by atoms with Crippen molar-refractivity contribution in [2.45, 2.75) is 39.0 Å². The van der Waals surface area contributed by atoms with Crippen LogP contribution >= 0.6 is 24.0 Å². The number of rotatable bonds is 10. The zero-order chi connectivity index (χ0) is 20.5. The van der Waals surface area contributed by atoms with Crippen molar-refractivity contribution >= 4 is 24.0 Å². The largest absolute Gasteiger partial charge is 0.493 e. The number of methoxy groups -OCH3 is 1. The Morgan fingerprint density at radius 3 is 2.20 bits per heavy atom. The number of halogens is 2. The van der Waals surface area contributed by atoms with Crippen molar-refractivity contribution in [3.63, 3.8) is 0 Å². The molecule has 0 saturated carbocycles. The molecule has 0 amide bonds. The van der Waals surface area contributed by atoms with Crippen LogP contribution in [0.4, 0.5) is 0 Å². The van der Waals surface area contributed by atoms with E-state index in [-0.39, 0.29) is 12.4 Å². The Kier molecular flexibility index (Phi) is 10.0. The monoisotopic (exact) mass is 445 g/mol. The molecule has 1 N–H and O–H groups in total. The van der Waals surface area contributed by atoms with Gasteiger partial charge in [-0.3, -0.25) is 0 Å². The van der Waals surface area contributed by atoms with Crippen molar-refractivity contribution in [3.05, 3.63) is 94.5 Å². The highest BCUT2D eigenvalue weighted by atomic mass is 35.5. The van der Waals surface area contributed by atoms with Crippen LogP contribution < -0.4 is 14.8 Å². The van der Waals surface area contributed by atoms with Gasteiger partial charge in [-0.15, -0.1) is 12.4 Å². The maximum Gasteiger partial charge on any atom is 0.166 e. The molecule has 0 fully saturated rings. The minimum Gasteiger partial charge on any atom is -0.493 e. The fraction of sp³-hybridized carbons (Fsp3) is 0.280. The third kappa shape index (κ3) is 7.24. The minimum absolute atomic E-state index is 0. The van der Waals surface area contributed by atoms with E-state index in [2.05, 4.69) is 42.6 Å². The van der Waals surface area contributed by atoms with Gasteiger partial charge in [0.15, 0.2) is 11.5 Å². The number of benzene rings is 3. The molecule has 3 rings (SSSR count). The van der Waals surface area contributed by atoms with E-state index in [0.29, 0.717) is 30.0 Å². The summed E-state index contributed by atoms with van der Waals surface area (Å²) >= 11 is 6.31. The average molecular weight is 446 g/mol. The van der Waals surface area contributed by atoms with E-state index in [0.717, 1.165) is 29.7 Å². The summed E-state index contributed by atoms with van der Waals surface area (Å²) in [5.74, 6) is 1.39. The van der Waals surface area contributed by atoms with E-state index in [1.807, 2.05) is 36.4 Å². The van der Waals surface area contributed by atoms with Crippen LogP contribution in [0.5, 0.6) is 11.5 Å². The van der Waals surface area contributed by atoms with Gasteiger partial charge in [0.1, 0.15) is 6.61 Å². The van der Waals surface area contributed by atoms with Crippen molar-refractivity contribution in [1.29, 1.82) is 0 Å². The van der Waals surface area contributed by atoms with Gasteiger partial charge in [0.05, 0.1) is 7.11 Å². The van der Waals surface area contributed by atoms with Crippen LogP contribution in [0.3, 0.4) is 0 Å². The van der Waals surface area contributed by atoms with Crippen LogP contribution in [-0.2, 0) is 19.6 Å². The zero-order valence-corrected chi connectivity index (χ0v) is 19.0. The first-order chi connectivity index (χ1) is 14.2. The Morgan fingerprint density at radius 2 is 1.57 bits per heavy atom. The molecular formula is C25H29Cl2NO2. The lowest BCUT2D eigenvalue weighted by Crippen LogP contribution is -2.26. The van der Waals surface area contributed by atoms with Gasteiger partial charge in [0, 0.05) is 29.2 Å². The summed E-state index contributed by atoms with van der Waals surface area (Å²) in [6.07, 6.45) is 2.10. The first-order valence-electron chi connectivity index (χ1n) is 9.96. The van der Waals surface area contributed by atoms with Gasteiger partial charge in [-0.2, -0.15) is 0 Å². The van der Waals surface area contributed by atoms with Gasteiger partial charge in [0.25, 0.3) is 0 Å². The molecule has 3 nitrogen and oxygen atoms in total. The lowest BCUT2D eigenvalue weighted by atomic mass is 10.1. The van der Waals surface area contributed by atoms with Gasteiger partial charge in [-0.05, 0) is 37.0 Å². The van der Waals surface area contributed by atoms with Crippen molar-refractivity contribution < 1.29 is 9.47 Å². The Morgan fingerprint density at radius 1 is 0.933 bits per heavy atom.